The minimum atomic E-state index is -0.323. The molecule has 0 spiro atoms. The number of rotatable bonds is 12. The van der Waals surface area contributed by atoms with Crippen molar-refractivity contribution >= 4 is 23.5 Å². The molecule has 0 fully saturated rings. The zero-order valence-electron chi connectivity index (χ0n) is 21.2. The lowest BCUT2D eigenvalue weighted by Crippen LogP contribution is -2.18. The van der Waals surface area contributed by atoms with Crippen LogP contribution in [0.2, 0.25) is 0 Å². The summed E-state index contributed by atoms with van der Waals surface area (Å²) in [5, 5.41) is 0.0896. The highest BCUT2D eigenvalue weighted by atomic mass is 32.2. The van der Waals surface area contributed by atoms with Crippen LogP contribution in [0.3, 0.4) is 0 Å². The number of likely N-dealkylation sites (N-methyl/N-ethyl adjacent to an activating group) is 1. The highest BCUT2D eigenvalue weighted by Crippen LogP contribution is 2.34. The Bertz CT molecular complexity index is 1140. The minimum Gasteiger partial charge on any atom is -0.462 e. The van der Waals surface area contributed by atoms with Crippen LogP contribution in [0.1, 0.15) is 60.9 Å². The fourth-order valence-electron chi connectivity index (χ4n) is 3.94. The first-order valence-electron chi connectivity index (χ1n) is 12.2. The third kappa shape index (κ3) is 9.69. The molecule has 3 rings (SSSR count). The Labute approximate surface area is 226 Å². The van der Waals surface area contributed by atoms with Gasteiger partial charge in [-0.3, -0.25) is 4.79 Å². The van der Waals surface area contributed by atoms with E-state index in [1.54, 1.807) is 30.8 Å². The van der Waals surface area contributed by atoms with Crippen LogP contribution >= 0.6 is 11.8 Å². The number of halogens is 1. The molecule has 0 saturated carbocycles. The first-order valence-corrected chi connectivity index (χ1v) is 13.3. The molecule has 0 N–H and O–H groups in total. The lowest BCUT2D eigenvalue weighted by Gasteiger charge is -2.20. The molecular weight excluding hydrogens is 485 g/mol. The first-order chi connectivity index (χ1) is 17.3. The predicted molar refractivity (Wildman–Crippen MR) is 155 cm³/mol. The molecule has 6 heteroatoms. The molecule has 4 nitrogen and oxygen atoms in total. The number of hydrogen-bond acceptors (Lipinski definition) is 5. The second kappa shape index (κ2) is 15.2. The summed E-state index contributed by atoms with van der Waals surface area (Å²) in [7, 11) is 2.04. The summed E-state index contributed by atoms with van der Waals surface area (Å²) in [5.74, 6) is -0.0461. The zero-order chi connectivity index (χ0) is 25.9. The van der Waals surface area contributed by atoms with Crippen LogP contribution in [-0.2, 0) is 16.0 Å². The highest BCUT2D eigenvalue weighted by Gasteiger charge is 2.15. The van der Waals surface area contributed by atoms with E-state index in [0.29, 0.717) is 24.3 Å². The van der Waals surface area contributed by atoms with Crippen LogP contribution in [0.4, 0.5) is 4.39 Å². The largest absolute Gasteiger partial charge is 0.462 e. The molecule has 1 unspecified atom stereocenters. The minimum absolute atomic E-state index is 0. The fourth-order valence-corrected chi connectivity index (χ4v) is 5.01. The number of Topliss-reactive ketones (excluding diaryl/α,β-unsaturated/α-hetero) is 1. The van der Waals surface area contributed by atoms with Gasteiger partial charge in [-0.1, -0.05) is 43.9 Å². The third-order valence-electron chi connectivity index (χ3n) is 6.01. The molecule has 0 aliphatic carbocycles. The Balaban J connectivity index is 0.00000361. The van der Waals surface area contributed by atoms with Gasteiger partial charge in [-0.05, 0) is 86.2 Å². The maximum absolute atomic E-state index is 13.4. The van der Waals surface area contributed by atoms with Gasteiger partial charge in [0.25, 0.3) is 0 Å². The molecule has 200 valence electrons. The van der Waals surface area contributed by atoms with E-state index in [4.69, 9.17) is 4.74 Å². The molecule has 1 heterocycles. The van der Waals surface area contributed by atoms with Gasteiger partial charge in [-0.2, -0.15) is 0 Å². The number of benzene rings is 2. The van der Waals surface area contributed by atoms with Gasteiger partial charge in [0, 0.05) is 26.0 Å². The number of allylic oxidation sites excluding steroid dienone is 3. The summed E-state index contributed by atoms with van der Waals surface area (Å²) >= 11 is 1.58. The average Bonchev–Trinajstić information content (AvgIpc) is 2.86. The number of ether oxygens (including phenoxy) is 1. The Morgan fingerprint density at radius 2 is 1.97 bits per heavy atom. The van der Waals surface area contributed by atoms with Crippen molar-refractivity contribution in [2.75, 3.05) is 26.0 Å². The summed E-state index contributed by atoms with van der Waals surface area (Å²) in [4.78, 5) is 26.2. The smallest absolute Gasteiger partial charge is 0.338 e. The van der Waals surface area contributed by atoms with Gasteiger partial charge >= 0.3 is 5.97 Å². The summed E-state index contributed by atoms with van der Waals surface area (Å²) < 4.78 is 18.8. The van der Waals surface area contributed by atoms with Gasteiger partial charge in [-0.25, -0.2) is 9.18 Å². The van der Waals surface area contributed by atoms with E-state index in [2.05, 4.69) is 17.1 Å². The number of nitrogens with zero attached hydrogens (tertiary/aromatic N) is 1. The predicted octanol–water partition coefficient (Wildman–Crippen LogP) is 7.50. The highest BCUT2D eigenvalue weighted by molar-refractivity contribution is 8.00. The maximum Gasteiger partial charge on any atom is 0.338 e. The van der Waals surface area contributed by atoms with E-state index in [0.717, 1.165) is 41.8 Å². The molecule has 0 amide bonds. The van der Waals surface area contributed by atoms with Crippen LogP contribution in [0.25, 0.3) is 0 Å². The second-order valence-electron chi connectivity index (χ2n) is 8.96. The van der Waals surface area contributed by atoms with Crippen LogP contribution in [0, 0.1) is 12.7 Å². The fraction of sp³-hybridized carbons (Fsp3) is 0.355. The lowest BCUT2D eigenvalue weighted by atomic mass is 9.98. The van der Waals surface area contributed by atoms with Crippen molar-refractivity contribution in [2.24, 2.45) is 0 Å². The SMILES string of the molecule is C.CC(=O)CSC(CCc1ccc(C(=O)OCCC=CC2=CC=CCN2C)cc1C)c1ccc(F)cc1.[HH]. The van der Waals surface area contributed by atoms with Gasteiger partial charge in [0.2, 0.25) is 0 Å². The summed E-state index contributed by atoms with van der Waals surface area (Å²) in [6.45, 7) is 4.80. The van der Waals surface area contributed by atoms with Crippen molar-refractivity contribution in [3.63, 3.8) is 0 Å². The number of carbonyl (C=O) groups is 2. The van der Waals surface area contributed by atoms with Crippen molar-refractivity contribution < 1.29 is 20.1 Å². The molecule has 0 aromatic heterocycles. The van der Waals surface area contributed by atoms with E-state index in [1.165, 1.54) is 12.1 Å². The molecule has 2 aromatic rings. The van der Waals surface area contributed by atoms with Crippen molar-refractivity contribution in [1.29, 1.82) is 0 Å². The molecular formula is C31H40FNO3S. The molecule has 1 aliphatic rings. The molecule has 2 aromatic carbocycles. The first kappa shape index (κ1) is 30.1. The van der Waals surface area contributed by atoms with E-state index >= 15 is 0 Å². The van der Waals surface area contributed by atoms with Gasteiger partial charge in [0.1, 0.15) is 11.6 Å². The van der Waals surface area contributed by atoms with Crippen LogP contribution in [-0.4, -0.2) is 42.6 Å². The summed E-state index contributed by atoms with van der Waals surface area (Å²) in [5.41, 5.74) is 4.86. The van der Waals surface area contributed by atoms with E-state index in [-0.39, 0.29) is 31.7 Å². The van der Waals surface area contributed by atoms with Gasteiger partial charge in [0.05, 0.1) is 17.9 Å². The summed E-state index contributed by atoms with van der Waals surface area (Å²) in [6, 6.07) is 12.2. The lowest BCUT2D eigenvalue weighted by molar-refractivity contribution is -0.114. The number of hydrogen-bond donors (Lipinski definition) is 0. The van der Waals surface area contributed by atoms with E-state index < -0.39 is 0 Å². The molecule has 37 heavy (non-hydrogen) atoms. The normalized spacial score (nSPS) is 13.7. The number of thioether (sulfide) groups is 1. The Hall–Kier alpha value is -3.12. The van der Waals surface area contributed by atoms with Crippen LogP contribution in [0.15, 0.2) is 78.5 Å². The van der Waals surface area contributed by atoms with Crippen molar-refractivity contribution in [3.8, 4) is 0 Å². The molecule has 0 radical (unpaired) electrons. The Morgan fingerprint density at radius 1 is 1.22 bits per heavy atom. The average molecular weight is 526 g/mol. The second-order valence-corrected chi connectivity index (χ2v) is 10.2. The number of esters is 1. The number of aryl methyl sites for hydroxylation is 2. The monoisotopic (exact) mass is 525 g/mol. The van der Waals surface area contributed by atoms with Crippen molar-refractivity contribution in [1.82, 2.24) is 4.90 Å². The maximum atomic E-state index is 13.4. The van der Waals surface area contributed by atoms with Crippen molar-refractivity contribution in [2.45, 2.75) is 45.8 Å². The zero-order valence-corrected chi connectivity index (χ0v) is 22.0. The standard InChI is InChI=1S/C30H34FNO3S.CH4.H2/c1-22-20-26(30(34)35-19-7-5-9-28-8-4-6-18-32(28)3)11-10-24(22)14-17-29(36-21-23(2)33)25-12-15-27(31)16-13-25;;/h4-6,8-13,15-16,20,29H,7,14,17-19,21H2,1-3H3;1H4;1H. The van der Waals surface area contributed by atoms with E-state index in [9.17, 15) is 14.0 Å². The Kier molecular flexibility index (Phi) is 12.4. The topological polar surface area (TPSA) is 46.6 Å². The molecule has 0 saturated heterocycles. The van der Waals surface area contributed by atoms with Crippen LogP contribution in [0.5, 0.6) is 0 Å². The molecule has 0 bridgehead atoms. The quantitative estimate of drug-likeness (QED) is 0.212. The third-order valence-corrected chi connectivity index (χ3v) is 7.50. The number of ketones is 1. The van der Waals surface area contributed by atoms with Gasteiger partial charge in [0.15, 0.2) is 0 Å². The number of carbonyl (C=O) groups excluding carboxylic acids is 2. The van der Waals surface area contributed by atoms with Crippen molar-refractivity contribution in [3.05, 3.63) is 107 Å². The van der Waals surface area contributed by atoms with E-state index in [1.807, 2.05) is 50.4 Å². The molecule has 1 atom stereocenters. The summed E-state index contributed by atoms with van der Waals surface area (Å²) in [6.07, 6.45) is 12.5. The van der Waals surface area contributed by atoms with Gasteiger partial charge < -0.3 is 9.64 Å². The van der Waals surface area contributed by atoms with Crippen LogP contribution < -0.4 is 0 Å². The molecule has 1 aliphatic heterocycles. The Morgan fingerprint density at radius 3 is 2.65 bits per heavy atom. The van der Waals surface area contributed by atoms with Gasteiger partial charge in [-0.15, -0.1) is 11.8 Å².